The van der Waals surface area contributed by atoms with Crippen LogP contribution in [0.4, 0.5) is 5.13 Å². The summed E-state index contributed by atoms with van der Waals surface area (Å²) in [7, 11) is 0. The van der Waals surface area contributed by atoms with Gasteiger partial charge in [-0.1, -0.05) is 32.1 Å². The van der Waals surface area contributed by atoms with Gasteiger partial charge in [-0.2, -0.15) is 0 Å². The quantitative estimate of drug-likeness (QED) is 0.843. The average molecular weight is 323 g/mol. The zero-order valence-corrected chi connectivity index (χ0v) is 14.5. The maximum atomic E-state index is 12.3. The highest BCUT2D eigenvalue weighted by Gasteiger charge is 2.16. The number of carbonyl (C=O) groups excluding carboxylic acids is 1. The van der Waals surface area contributed by atoms with Crippen LogP contribution in [0.25, 0.3) is 0 Å². The zero-order chi connectivity index (χ0) is 15.4. The first-order valence-corrected chi connectivity index (χ1v) is 8.96. The van der Waals surface area contributed by atoms with Gasteiger partial charge in [-0.05, 0) is 37.8 Å². The molecule has 0 aliphatic heterocycles. The van der Waals surface area contributed by atoms with Crippen LogP contribution in [-0.4, -0.2) is 16.1 Å². The van der Waals surface area contributed by atoms with Gasteiger partial charge in [-0.3, -0.25) is 10.1 Å². The molecule has 6 heteroatoms. The Morgan fingerprint density at radius 2 is 1.95 bits per heavy atom. The Kier molecular flexibility index (Phi) is 5.47. The maximum absolute atomic E-state index is 12.3. The normalized spacial score (nSPS) is 11.1. The minimum Gasteiger partial charge on any atom is -0.296 e. The smallest absolute Gasteiger partial charge is 0.267 e. The minimum absolute atomic E-state index is 0.0879. The number of anilines is 1. The molecule has 2 aromatic rings. The van der Waals surface area contributed by atoms with Gasteiger partial charge in [0.25, 0.3) is 5.91 Å². The summed E-state index contributed by atoms with van der Waals surface area (Å²) in [5.74, 6) is 0.346. The molecule has 21 heavy (non-hydrogen) atoms. The molecule has 2 rings (SSSR count). The number of rotatable bonds is 6. The van der Waals surface area contributed by atoms with Gasteiger partial charge in [0.05, 0.1) is 4.88 Å². The zero-order valence-electron chi connectivity index (χ0n) is 12.9. The Labute approximate surface area is 133 Å². The number of amides is 1. The Morgan fingerprint density at radius 1 is 1.24 bits per heavy atom. The van der Waals surface area contributed by atoms with Gasteiger partial charge >= 0.3 is 0 Å². The van der Waals surface area contributed by atoms with E-state index in [1.807, 2.05) is 6.07 Å². The van der Waals surface area contributed by atoms with E-state index in [9.17, 15) is 4.79 Å². The van der Waals surface area contributed by atoms with E-state index in [1.54, 1.807) is 0 Å². The SMILES string of the molecule is CCc1cc(C(=O)Nc2nnc(C(CC)CC)s2)sc1C. The van der Waals surface area contributed by atoms with Crippen molar-refractivity contribution in [2.24, 2.45) is 0 Å². The lowest BCUT2D eigenvalue weighted by atomic mass is 10.1. The summed E-state index contributed by atoms with van der Waals surface area (Å²) >= 11 is 3.01. The molecule has 4 nitrogen and oxygen atoms in total. The lowest BCUT2D eigenvalue weighted by Crippen LogP contribution is -2.09. The molecule has 114 valence electrons. The number of hydrogen-bond donors (Lipinski definition) is 1. The van der Waals surface area contributed by atoms with Crippen LogP contribution in [0.2, 0.25) is 0 Å². The first kappa shape index (κ1) is 16.1. The topological polar surface area (TPSA) is 54.9 Å². The van der Waals surface area contributed by atoms with Gasteiger partial charge in [0, 0.05) is 10.8 Å². The van der Waals surface area contributed by atoms with Crippen LogP contribution in [0.15, 0.2) is 6.07 Å². The molecule has 0 spiro atoms. The van der Waals surface area contributed by atoms with Crippen LogP contribution in [-0.2, 0) is 6.42 Å². The number of thiophene rings is 1. The van der Waals surface area contributed by atoms with Gasteiger partial charge in [0.15, 0.2) is 0 Å². The summed E-state index contributed by atoms with van der Waals surface area (Å²) < 4.78 is 0. The molecule has 0 saturated heterocycles. The molecule has 0 unspecified atom stereocenters. The number of hydrogen-bond acceptors (Lipinski definition) is 5. The van der Waals surface area contributed by atoms with E-state index in [2.05, 4.69) is 43.2 Å². The van der Waals surface area contributed by atoms with Gasteiger partial charge < -0.3 is 0 Å². The first-order chi connectivity index (χ1) is 10.1. The molecule has 0 aliphatic rings. The molecule has 0 bridgehead atoms. The predicted molar refractivity (Wildman–Crippen MR) is 89.6 cm³/mol. The monoisotopic (exact) mass is 323 g/mol. The van der Waals surface area contributed by atoms with E-state index >= 15 is 0 Å². The Hall–Kier alpha value is -1.27. The van der Waals surface area contributed by atoms with E-state index < -0.39 is 0 Å². The standard InChI is InChI=1S/C15H21N3OS2/c1-5-10(6-2)14-17-18-15(21-14)16-13(19)12-8-11(7-3)9(4)20-12/h8,10H,5-7H2,1-4H3,(H,16,18,19). The third-order valence-electron chi connectivity index (χ3n) is 3.62. The summed E-state index contributed by atoms with van der Waals surface area (Å²) in [5, 5.41) is 12.7. The third kappa shape index (κ3) is 3.68. The number of aryl methyl sites for hydroxylation is 2. The fraction of sp³-hybridized carbons (Fsp3) is 0.533. The second-order valence-corrected chi connectivity index (χ2v) is 7.22. The molecule has 0 aromatic carbocycles. The highest BCUT2D eigenvalue weighted by atomic mass is 32.1. The Morgan fingerprint density at radius 3 is 2.52 bits per heavy atom. The van der Waals surface area contributed by atoms with Crippen LogP contribution in [0.1, 0.15) is 64.7 Å². The molecule has 0 atom stereocenters. The van der Waals surface area contributed by atoms with Crippen molar-refractivity contribution in [1.82, 2.24) is 10.2 Å². The maximum Gasteiger partial charge on any atom is 0.267 e. The molecule has 1 amide bonds. The van der Waals surface area contributed by atoms with E-state index in [0.29, 0.717) is 11.0 Å². The minimum atomic E-state index is -0.0879. The molecule has 2 aromatic heterocycles. The summed E-state index contributed by atoms with van der Waals surface area (Å²) in [5.41, 5.74) is 1.24. The van der Waals surface area contributed by atoms with Gasteiger partial charge in [-0.25, -0.2) is 0 Å². The molecule has 1 N–H and O–H groups in total. The molecule has 2 heterocycles. The van der Waals surface area contributed by atoms with Crippen LogP contribution in [0.3, 0.4) is 0 Å². The Balaban J connectivity index is 2.09. The first-order valence-electron chi connectivity index (χ1n) is 7.33. The van der Waals surface area contributed by atoms with Gasteiger partial charge in [0.1, 0.15) is 5.01 Å². The van der Waals surface area contributed by atoms with Crippen molar-refractivity contribution >= 4 is 33.7 Å². The van der Waals surface area contributed by atoms with Gasteiger partial charge in [0.2, 0.25) is 5.13 Å². The van der Waals surface area contributed by atoms with Crippen LogP contribution >= 0.6 is 22.7 Å². The summed E-state index contributed by atoms with van der Waals surface area (Å²) in [6, 6.07) is 1.97. The van der Waals surface area contributed by atoms with Crippen molar-refractivity contribution in [3.05, 3.63) is 26.4 Å². The molecule has 0 aliphatic carbocycles. The second kappa shape index (κ2) is 7.13. The van der Waals surface area contributed by atoms with Gasteiger partial charge in [-0.15, -0.1) is 21.5 Å². The van der Waals surface area contributed by atoms with Crippen LogP contribution in [0.5, 0.6) is 0 Å². The molecular formula is C15H21N3OS2. The predicted octanol–water partition coefficient (Wildman–Crippen LogP) is 4.63. The Bertz CT molecular complexity index is 614. The molecular weight excluding hydrogens is 302 g/mol. The highest BCUT2D eigenvalue weighted by molar-refractivity contribution is 7.16. The van der Waals surface area contributed by atoms with E-state index in [-0.39, 0.29) is 5.91 Å². The number of aromatic nitrogens is 2. The lowest BCUT2D eigenvalue weighted by molar-refractivity contribution is 0.103. The fourth-order valence-electron chi connectivity index (χ4n) is 2.23. The van der Waals surface area contributed by atoms with Crippen molar-refractivity contribution in [1.29, 1.82) is 0 Å². The van der Waals surface area contributed by atoms with E-state index in [1.165, 1.54) is 33.1 Å². The third-order valence-corrected chi connectivity index (χ3v) is 5.71. The second-order valence-electron chi connectivity index (χ2n) is 4.96. The van der Waals surface area contributed by atoms with Crippen molar-refractivity contribution in [3.63, 3.8) is 0 Å². The van der Waals surface area contributed by atoms with E-state index in [0.717, 1.165) is 29.1 Å². The molecule has 0 radical (unpaired) electrons. The van der Waals surface area contributed by atoms with Crippen molar-refractivity contribution < 1.29 is 4.79 Å². The number of nitrogens with zero attached hydrogens (tertiary/aromatic N) is 2. The highest BCUT2D eigenvalue weighted by Crippen LogP contribution is 2.29. The van der Waals surface area contributed by atoms with Crippen LogP contribution < -0.4 is 5.32 Å². The van der Waals surface area contributed by atoms with Crippen LogP contribution in [0, 0.1) is 6.92 Å². The van der Waals surface area contributed by atoms with E-state index in [4.69, 9.17) is 0 Å². The summed E-state index contributed by atoms with van der Waals surface area (Å²) in [6.45, 7) is 8.45. The summed E-state index contributed by atoms with van der Waals surface area (Å²) in [6.07, 6.45) is 3.04. The molecule has 0 fully saturated rings. The van der Waals surface area contributed by atoms with Crippen molar-refractivity contribution in [2.45, 2.75) is 52.9 Å². The lowest BCUT2D eigenvalue weighted by Gasteiger charge is -2.05. The average Bonchev–Trinajstić information content (AvgIpc) is 3.07. The molecule has 0 saturated carbocycles. The summed E-state index contributed by atoms with van der Waals surface area (Å²) in [4.78, 5) is 14.2. The van der Waals surface area contributed by atoms with Crippen molar-refractivity contribution in [2.75, 3.05) is 5.32 Å². The number of carbonyl (C=O) groups is 1. The van der Waals surface area contributed by atoms with Crippen molar-refractivity contribution in [3.8, 4) is 0 Å². The largest absolute Gasteiger partial charge is 0.296 e. The fourth-order valence-corrected chi connectivity index (χ4v) is 4.24. The number of nitrogens with one attached hydrogen (secondary N) is 1.